The lowest BCUT2D eigenvalue weighted by Crippen LogP contribution is -2.17. The molecule has 0 aliphatic rings. The van der Waals surface area contributed by atoms with Crippen molar-refractivity contribution in [1.82, 2.24) is 19.7 Å². The molecule has 0 aliphatic heterocycles. The first kappa shape index (κ1) is 13.6. The molecule has 0 radical (unpaired) electrons. The van der Waals surface area contributed by atoms with E-state index in [2.05, 4.69) is 31.1 Å². The summed E-state index contributed by atoms with van der Waals surface area (Å²) in [6, 6.07) is 1.76. The lowest BCUT2D eigenvalue weighted by molar-refractivity contribution is 0.603. The maximum Gasteiger partial charge on any atom is 0.343 e. The molecule has 18 heavy (non-hydrogen) atoms. The molecule has 0 aromatic carbocycles. The van der Waals surface area contributed by atoms with Gasteiger partial charge in [-0.15, -0.1) is 5.10 Å². The average Bonchev–Trinajstić information content (AvgIpc) is 2.66. The third kappa shape index (κ3) is 2.96. The van der Waals surface area contributed by atoms with E-state index >= 15 is 0 Å². The van der Waals surface area contributed by atoms with Crippen molar-refractivity contribution >= 4 is 39.3 Å². The molecular formula is C10H10BrClN4OS. The Kier molecular flexibility index (Phi) is 4.47. The number of hydrogen-bond acceptors (Lipinski definition) is 4. The lowest BCUT2D eigenvalue weighted by Gasteiger charge is -2.04. The molecule has 0 atom stereocenters. The van der Waals surface area contributed by atoms with E-state index in [0.717, 1.165) is 15.9 Å². The molecule has 0 unspecified atom stereocenters. The van der Waals surface area contributed by atoms with Crippen molar-refractivity contribution in [2.24, 2.45) is 0 Å². The van der Waals surface area contributed by atoms with Gasteiger partial charge in [-0.25, -0.2) is 14.9 Å². The van der Waals surface area contributed by atoms with Crippen LogP contribution in [0.25, 0.3) is 0 Å². The van der Waals surface area contributed by atoms with Gasteiger partial charge >= 0.3 is 5.69 Å². The normalized spacial score (nSPS) is 10.8. The zero-order chi connectivity index (χ0) is 13.1. The monoisotopic (exact) mass is 348 g/mol. The molecule has 0 spiro atoms. The van der Waals surface area contributed by atoms with Gasteiger partial charge < -0.3 is 0 Å². The standard InChI is InChI=1S/C10H10BrClN4OS/c1-2-3-16-9(17)14-15-10(16)18-8-7(11)4-6(12)5-13-8/h4-5H,2-3H2,1H3,(H,14,17). The Balaban J connectivity index is 2.31. The minimum Gasteiger partial charge on any atom is -0.270 e. The predicted molar refractivity (Wildman–Crippen MR) is 74.2 cm³/mol. The molecular weight excluding hydrogens is 340 g/mol. The van der Waals surface area contributed by atoms with Gasteiger partial charge in [0.1, 0.15) is 5.03 Å². The molecule has 0 amide bonds. The Labute approximate surface area is 121 Å². The van der Waals surface area contributed by atoms with Gasteiger partial charge in [-0.3, -0.25) is 4.57 Å². The van der Waals surface area contributed by atoms with Crippen molar-refractivity contribution in [3.8, 4) is 0 Å². The van der Waals surface area contributed by atoms with Crippen LogP contribution in [0.4, 0.5) is 0 Å². The number of halogens is 2. The number of rotatable bonds is 4. The van der Waals surface area contributed by atoms with Crippen LogP contribution in [0.15, 0.2) is 31.7 Å². The second-order valence-corrected chi connectivity index (χ2v) is 5.75. The van der Waals surface area contributed by atoms with E-state index < -0.39 is 0 Å². The number of aromatic nitrogens is 4. The van der Waals surface area contributed by atoms with E-state index in [0.29, 0.717) is 16.7 Å². The van der Waals surface area contributed by atoms with Crippen LogP contribution in [-0.4, -0.2) is 19.7 Å². The van der Waals surface area contributed by atoms with Crippen molar-refractivity contribution in [3.63, 3.8) is 0 Å². The van der Waals surface area contributed by atoms with Gasteiger partial charge in [0.15, 0.2) is 5.16 Å². The van der Waals surface area contributed by atoms with Crippen LogP contribution in [0.2, 0.25) is 5.02 Å². The molecule has 0 fully saturated rings. The topological polar surface area (TPSA) is 63.6 Å². The van der Waals surface area contributed by atoms with Gasteiger partial charge in [-0.1, -0.05) is 18.5 Å². The van der Waals surface area contributed by atoms with E-state index in [1.807, 2.05) is 6.92 Å². The average molecular weight is 350 g/mol. The highest BCUT2D eigenvalue weighted by Gasteiger charge is 2.12. The van der Waals surface area contributed by atoms with Crippen molar-refractivity contribution in [3.05, 3.63) is 32.2 Å². The molecule has 0 saturated carbocycles. The molecule has 0 bridgehead atoms. The molecule has 2 rings (SSSR count). The summed E-state index contributed by atoms with van der Waals surface area (Å²) < 4.78 is 2.37. The second-order valence-electron chi connectivity index (χ2n) is 3.51. The number of H-pyrrole nitrogens is 1. The minimum absolute atomic E-state index is 0.204. The quantitative estimate of drug-likeness (QED) is 0.922. The first-order valence-corrected chi connectivity index (χ1v) is 7.24. The van der Waals surface area contributed by atoms with Crippen molar-refractivity contribution in [2.75, 3.05) is 0 Å². The fraction of sp³-hybridized carbons (Fsp3) is 0.300. The first-order valence-electron chi connectivity index (χ1n) is 5.26. The fourth-order valence-electron chi connectivity index (χ4n) is 1.37. The van der Waals surface area contributed by atoms with E-state index in [9.17, 15) is 4.79 Å². The summed E-state index contributed by atoms with van der Waals surface area (Å²) in [6.45, 7) is 2.63. The second kappa shape index (κ2) is 5.90. The van der Waals surface area contributed by atoms with Crippen LogP contribution in [0.5, 0.6) is 0 Å². The molecule has 2 aromatic heterocycles. The van der Waals surface area contributed by atoms with Gasteiger partial charge in [0.25, 0.3) is 0 Å². The van der Waals surface area contributed by atoms with E-state index in [1.54, 1.807) is 16.8 Å². The third-order valence-corrected chi connectivity index (χ3v) is 4.22. The van der Waals surface area contributed by atoms with E-state index in [-0.39, 0.29) is 5.69 Å². The Morgan fingerprint density at radius 3 is 3.06 bits per heavy atom. The van der Waals surface area contributed by atoms with Crippen LogP contribution in [0, 0.1) is 0 Å². The highest BCUT2D eigenvalue weighted by molar-refractivity contribution is 9.10. The summed E-state index contributed by atoms with van der Waals surface area (Å²) in [6.07, 6.45) is 2.42. The third-order valence-electron chi connectivity index (χ3n) is 2.13. The summed E-state index contributed by atoms with van der Waals surface area (Å²) in [5.41, 5.74) is -0.204. The Hall–Kier alpha value is -0.790. The summed E-state index contributed by atoms with van der Waals surface area (Å²) in [4.78, 5) is 15.7. The van der Waals surface area contributed by atoms with Gasteiger partial charge in [-0.05, 0) is 40.2 Å². The van der Waals surface area contributed by atoms with E-state index in [4.69, 9.17) is 11.6 Å². The molecule has 0 aliphatic carbocycles. The maximum absolute atomic E-state index is 11.5. The highest BCUT2D eigenvalue weighted by Crippen LogP contribution is 2.31. The van der Waals surface area contributed by atoms with Crippen molar-refractivity contribution in [1.29, 1.82) is 0 Å². The van der Waals surface area contributed by atoms with E-state index in [1.165, 1.54) is 11.8 Å². The van der Waals surface area contributed by atoms with Crippen molar-refractivity contribution in [2.45, 2.75) is 30.1 Å². The lowest BCUT2D eigenvalue weighted by atomic mass is 10.5. The minimum atomic E-state index is -0.204. The fourth-order valence-corrected chi connectivity index (χ4v) is 3.06. The van der Waals surface area contributed by atoms with Crippen LogP contribution >= 0.6 is 39.3 Å². The summed E-state index contributed by atoms with van der Waals surface area (Å²) in [5.74, 6) is 0. The number of pyridine rings is 1. The molecule has 2 aromatic rings. The number of hydrogen-bond donors (Lipinski definition) is 1. The first-order chi connectivity index (χ1) is 8.61. The predicted octanol–water partition coefficient (Wildman–Crippen LogP) is 2.94. The van der Waals surface area contributed by atoms with Gasteiger partial charge in [-0.2, -0.15) is 0 Å². The number of aromatic amines is 1. The number of nitrogens with zero attached hydrogens (tertiary/aromatic N) is 3. The highest BCUT2D eigenvalue weighted by atomic mass is 79.9. The van der Waals surface area contributed by atoms with Crippen LogP contribution in [0.3, 0.4) is 0 Å². The zero-order valence-corrected chi connectivity index (χ0v) is 12.6. The summed E-state index contributed by atoms with van der Waals surface area (Å²) in [7, 11) is 0. The maximum atomic E-state index is 11.5. The molecule has 8 heteroatoms. The number of nitrogens with one attached hydrogen (secondary N) is 1. The van der Waals surface area contributed by atoms with Crippen LogP contribution < -0.4 is 5.69 Å². The molecule has 96 valence electrons. The smallest absolute Gasteiger partial charge is 0.270 e. The molecule has 1 N–H and O–H groups in total. The molecule has 5 nitrogen and oxygen atoms in total. The van der Waals surface area contributed by atoms with Gasteiger partial charge in [0, 0.05) is 12.7 Å². The SMILES string of the molecule is CCCn1c(Sc2ncc(Cl)cc2Br)n[nH]c1=O. The zero-order valence-electron chi connectivity index (χ0n) is 9.48. The molecule has 0 saturated heterocycles. The summed E-state index contributed by atoms with van der Waals surface area (Å²) >= 11 is 10.5. The largest absolute Gasteiger partial charge is 0.343 e. The van der Waals surface area contributed by atoms with Crippen LogP contribution in [-0.2, 0) is 6.54 Å². The van der Waals surface area contributed by atoms with Crippen molar-refractivity contribution < 1.29 is 0 Å². The Bertz CT molecular complexity index is 612. The summed E-state index contributed by atoms with van der Waals surface area (Å²) in [5, 5.41) is 8.30. The van der Waals surface area contributed by atoms with Crippen LogP contribution in [0.1, 0.15) is 13.3 Å². The van der Waals surface area contributed by atoms with Gasteiger partial charge in [0.05, 0.1) is 9.50 Å². The molecule has 2 heterocycles. The Morgan fingerprint density at radius 2 is 2.39 bits per heavy atom. The Morgan fingerprint density at radius 1 is 1.61 bits per heavy atom. The van der Waals surface area contributed by atoms with Gasteiger partial charge in [0.2, 0.25) is 0 Å².